The van der Waals surface area contributed by atoms with E-state index in [0.29, 0.717) is 43.9 Å². The topological polar surface area (TPSA) is 121 Å². The summed E-state index contributed by atoms with van der Waals surface area (Å²) in [4.78, 5) is 12.2. The lowest BCUT2D eigenvalue weighted by Crippen LogP contribution is -2.43. The molecule has 1 amide bonds. The highest BCUT2D eigenvalue weighted by Crippen LogP contribution is 2.25. The molecule has 0 atom stereocenters. The summed E-state index contributed by atoms with van der Waals surface area (Å²) in [5.74, 6) is 0.189. The van der Waals surface area contributed by atoms with E-state index in [1.54, 1.807) is 18.2 Å². The molecule has 138 valence electrons. The van der Waals surface area contributed by atoms with Crippen LogP contribution >= 0.6 is 0 Å². The zero-order valence-electron chi connectivity index (χ0n) is 14.1. The van der Waals surface area contributed by atoms with Gasteiger partial charge in [0, 0.05) is 31.1 Å². The van der Waals surface area contributed by atoms with Gasteiger partial charge in [0.05, 0.1) is 4.90 Å². The summed E-state index contributed by atoms with van der Waals surface area (Å²) < 4.78 is 27.0. The summed E-state index contributed by atoms with van der Waals surface area (Å²) >= 11 is 0. The number of carbonyl (C=O) groups is 1. The van der Waals surface area contributed by atoms with Gasteiger partial charge in [-0.1, -0.05) is 6.08 Å². The zero-order valence-corrected chi connectivity index (χ0v) is 14.9. The maximum Gasteiger partial charge on any atom is 0.243 e. The minimum Gasteiger partial charge on any atom is -0.352 e. The number of tetrazole rings is 1. The number of aromatic nitrogens is 4. The third kappa shape index (κ3) is 3.81. The highest BCUT2D eigenvalue weighted by molar-refractivity contribution is 7.89. The zero-order chi connectivity index (χ0) is 18.6. The minimum atomic E-state index is -3.59. The van der Waals surface area contributed by atoms with Crippen molar-refractivity contribution in [2.75, 3.05) is 19.6 Å². The Bertz CT molecular complexity index is 856. The van der Waals surface area contributed by atoms with Gasteiger partial charge in [0.15, 0.2) is 0 Å². The number of carbonyl (C=O) groups excluding carboxylic acids is 1. The van der Waals surface area contributed by atoms with Gasteiger partial charge in [-0.15, -0.1) is 16.8 Å². The summed E-state index contributed by atoms with van der Waals surface area (Å²) in [6.07, 6.45) is 2.63. The van der Waals surface area contributed by atoms with E-state index in [4.69, 9.17) is 0 Å². The molecule has 2 aromatic rings. The average molecular weight is 376 g/mol. The van der Waals surface area contributed by atoms with Crippen molar-refractivity contribution in [1.29, 1.82) is 0 Å². The van der Waals surface area contributed by atoms with Crippen LogP contribution in [0.1, 0.15) is 12.8 Å². The lowest BCUT2D eigenvalue weighted by molar-refractivity contribution is -0.125. The standard InChI is InChI=1S/C16H20N6O3S/c1-2-9-17-16(23)13-7-10-22(11-8-13)26(24,25)14-5-3-12(4-6-14)15-18-20-21-19-15/h2-6,13H,1,7-11H2,(H,17,23)(H,18,19,20,21). The SMILES string of the molecule is C=CCNC(=O)C1CCN(S(=O)(=O)c2ccc(-c3nn[nH]n3)cc2)CC1. The molecule has 26 heavy (non-hydrogen) atoms. The molecule has 0 aliphatic carbocycles. The molecule has 1 saturated heterocycles. The van der Waals surface area contributed by atoms with Crippen molar-refractivity contribution in [3.05, 3.63) is 36.9 Å². The number of amides is 1. The molecule has 0 saturated carbocycles. The number of aromatic amines is 1. The Balaban J connectivity index is 1.66. The van der Waals surface area contributed by atoms with E-state index in [0.717, 1.165) is 0 Å². The maximum absolute atomic E-state index is 12.8. The van der Waals surface area contributed by atoms with Crippen molar-refractivity contribution in [3.63, 3.8) is 0 Å². The number of H-pyrrole nitrogens is 1. The molecule has 0 unspecified atom stereocenters. The number of hydrogen-bond acceptors (Lipinski definition) is 6. The van der Waals surface area contributed by atoms with E-state index in [9.17, 15) is 13.2 Å². The summed E-state index contributed by atoms with van der Waals surface area (Å²) in [5, 5.41) is 16.3. The van der Waals surface area contributed by atoms with Gasteiger partial charge in [-0.3, -0.25) is 4.79 Å². The first kappa shape index (κ1) is 18.2. The fraction of sp³-hybridized carbons (Fsp3) is 0.375. The molecular weight excluding hydrogens is 356 g/mol. The first-order valence-corrected chi connectivity index (χ1v) is 9.69. The van der Waals surface area contributed by atoms with Crippen molar-refractivity contribution in [2.45, 2.75) is 17.7 Å². The van der Waals surface area contributed by atoms with Gasteiger partial charge in [-0.25, -0.2) is 8.42 Å². The number of nitrogens with one attached hydrogen (secondary N) is 2. The fourth-order valence-electron chi connectivity index (χ4n) is 2.88. The van der Waals surface area contributed by atoms with Crippen LogP contribution in [0.15, 0.2) is 41.8 Å². The van der Waals surface area contributed by atoms with Crippen molar-refractivity contribution in [2.24, 2.45) is 5.92 Å². The number of benzene rings is 1. The number of nitrogens with zero attached hydrogens (tertiary/aromatic N) is 4. The first-order chi connectivity index (χ1) is 12.5. The van der Waals surface area contributed by atoms with E-state index < -0.39 is 10.0 Å². The van der Waals surface area contributed by atoms with Crippen LogP contribution in [0.3, 0.4) is 0 Å². The second-order valence-electron chi connectivity index (χ2n) is 5.97. The molecular formula is C16H20N6O3S. The summed E-state index contributed by atoms with van der Waals surface area (Å²) in [5.41, 5.74) is 0.676. The fourth-order valence-corrected chi connectivity index (χ4v) is 4.35. The Morgan fingerprint density at radius 1 is 1.31 bits per heavy atom. The molecule has 2 heterocycles. The van der Waals surface area contributed by atoms with Crippen LogP contribution in [0.2, 0.25) is 0 Å². The van der Waals surface area contributed by atoms with Crippen molar-refractivity contribution >= 4 is 15.9 Å². The number of rotatable bonds is 6. The Kier molecular flexibility index (Phi) is 5.43. The van der Waals surface area contributed by atoms with E-state index >= 15 is 0 Å². The quantitative estimate of drug-likeness (QED) is 0.711. The molecule has 10 heteroatoms. The van der Waals surface area contributed by atoms with E-state index in [2.05, 4.69) is 32.5 Å². The van der Waals surface area contributed by atoms with Crippen LogP contribution < -0.4 is 5.32 Å². The Morgan fingerprint density at radius 2 is 2.00 bits per heavy atom. The van der Waals surface area contributed by atoms with Gasteiger partial charge in [0.1, 0.15) is 0 Å². The Hall–Kier alpha value is -2.59. The molecule has 0 radical (unpaired) electrons. The monoisotopic (exact) mass is 376 g/mol. The van der Waals surface area contributed by atoms with Gasteiger partial charge in [-0.2, -0.15) is 9.52 Å². The normalized spacial score (nSPS) is 16.3. The smallest absolute Gasteiger partial charge is 0.243 e. The van der Waals surface area contributed by atoms with E-state index in [-0.39, 0.29) is 16.7 Å². The van der Waals surface area contributed by atoms with Crippen LogP contribution in [-0.4, -0.2) is 58.9 Å². The molecule has 1 aromatic carbocycles. The van der Waals surface area contributed by atoms with E-state index in [1.807, 2.05) is 0 Å². The molecule has 1 aromatic heterocycles. The predicted molar refractivity (Wildman–Crippen MR) is 94.3 cm³/mol. The van der Waals surface area contributed by atoms with E-state index in [1.165, 1.54) is 16.4 Å². The average Bonchev–Trinajstić information content (AvgIpc) is 3.21. The van der Waals surface area contributed by atoms with Gasteiger partial charge in [0.2, 0.25) is 21.8 Å². The molecule has 9 nitrogen and oxygen atoms in total. The summed E-state index contributed by atoms with van der Waals surface area (Å²) in [6, 6.07) is 6.36. The molecule has 0 spiro atoms. The van der Waals surface area contributed by atoms with Crippen LogP contribution in [0, 0.1) is 5.92 Å². The maximum atomic E-state index is 12.8. The first-order valence-electron chi connectivity index (χ1n) is 8.25. The molecule has 1 aliphatic rings. The van der Waals surface area contributed by atoms with Crippen LogP contribution in [0.5, 0.6) is 0 Å². The largest absolute Gasteiger partial charge is 0.352 e. The third-order valence-corrected chi connectivity index (χ3v) is 6.25. The Morgan fingerprint density at radius 3 is 2.58 bits per heavy atom. The highest BCUT2D eigenvalue weighted by atomic mass is 32.2. The lowest BCUT2D eigenvalue weighted by Gasteiger charge is -2.30. The molecule has 1 fully saturated rings. The van der Waals surface area contributed by atoms with Crippen molar-refractivity contribution < 1.29 is 13.2 Å². The number of hydrogen-bond donors (Lipinski definition) is 2. The van der Waals surface area contributed by atoms with Crippen molar-refractivity contribution in [3.8, 4) is 11.4 Å². The van der Waals surface area contributed by atoms with Gasteiger partial charge in [-0.05, 0) is 42.3 Å². The van der Waals surface area contributed by atoms with Gasteiger partial charge < -0.3 is 5.32 Å². The molecule has 0 bridgehead atoms. The lowest BCUT2D eigenvalue weighted by atomic mass is 9.97. The molecule has 1 aliphatic heterocycles. The second-order valence-corrected chi connectivity index (χ2v) is 7.91. The van der Waals surface area contributed by atoms with Crippen LogP contribution in [0.25, 0.3) is 11.4 Å². The van der Waals surface area contributed by atoms with Crippen LogP contribution in [-0.2, 0) is 14.8 Å². The minimum absolute atomic E-state index is 0.0496. The van der Waals surface area contributed by atoms with Crippen LogP contribution in [0.4, 0.5) is 0 Å². The number of piperidine rings is 1. The van der Waals surface area contributed by atoms with Crippen molar-refractivity contribution in [1.82, 2.24) is 30.2 Å². The van der Waals surface area contributed by atoms with Gasteiger partial charge in [0.25, 0.3) is 0 Å². The second kappa shape index (κ2) is 7.75. The summed E-state index contributed by atoms with van der Waals surface area (Å²) in [7, 11) is -3.59. The highest BCUT2D eigenvalue weighted by Gasteiger charge is 2.31. The predicted octanol–water partition coefficient (Wildman–Crippen LogP) is 0.570. The van der Waals surface area contributed by atoms with Gasteiger partial charge >= 0.3 is 0 Å². The third-order valence-electron chi connectivity index (χ3n) is 4.34. The Labute approximate surface area is 151 Å². The summed E-state index contributed by atoms with van der Waals surface area (Å²) in [6.45, 7) is 4.62. The number of sulfonamides is 1. The molecule has 3 rings (SSSR count). The molecule has 2 N–H and O–H groups in total.